The van der Waals surface area contributed by atoms with E-state index in [1.165, 1.54) is 0 Å². The third-order valence-electron chi connectivity index (χ3n) is 3.12. The molecule has 1 N–H and O–H groups in total. The lowest BCUT2D eigenvalue weighted by Gasteiger charge is -2.05. The van der Waals surface area contributed by atoms with Gasteiger partial charge in [0.1, 0.15) is 5.75 Å². The zero-order chi connectivity index (χ0) is 16.8. The fraction of sp³-hybridized carbons (Fsp3) is 0.118. The van der Waals surface area contributed by atoms with E-state index in [4.69, 9.17) is 20.8 Å². The molecule has 2 aromatic carbocycles. The van der Waals surface area contributed by atoms with Crippen molar-refractivity contribution in [2.45, 2.75) is 6.54 Å². The molecule has 1 aromatic heterocycles. The predicted octanol–water partition coefficient (Wildman–Crippen LogP) is 3.09. The fourth-order valence-corrected chi connectivity index (χ4v) is 2.18. The van der Waals surface area contributed by atoms with E-state index in [1.54, 1.807) is 24.3 Å². The maximum absolute atomic E-state index is 11.8. The molecule has 3 rings (SSSR count). The van der Waals surface area contributed by atoms with Gasteiger partial charge in [0, 0.05) is 0 Å². The molecule has 3 aromatic rings. The molecule has 24 heavy (non-hydrogen) atoms. The molecular formula is C17H14ClN3O3. The van der Waals surface area contributed by atoms with Gasteiger partial charge in [-0.3, -0.25) is 4.79 Å². The van der Waals surface area contributed by atoms with Crippen LogP contribution in [0.15, 0.2) is 59.0 Å². The second-order valence-electron chi connectivity index (χ2n) is 4.86. The van der Waals surface area contributed by atoms with Crippen LogP contribution in [-0.4, -0.2) is 22.7 Å². The summed E-state index contributed by atoms with van der Waals surface area (Å²) in [6.45, 7) is 0.0317. The molecule has 6 nitrogen and oxygen atoms in total. The van der Waals surface area contributed by atoms with Crippen LogP contribution < -0.4 is 10.1 Å². The maximum atomic E-state index is 11.8. The third-order valence-corrected chi connectivity index (χ3v) is 3.45. The molecule has 0 saturated heterocycles. The minimum absolute atomic E-state index is 0.0878. The Labute approximate surface area is 143 Å². The van der Waals surface area contributed by atoms with Crippen molar-refractivity contribution in [2.75, 3.05) is 6.61 Å². The molecule has 0 unspecified atom stereocenters. The predicted molar refractivity (Wildman–Crippen MR) is 88.5 cm³/mol. The van der Waals surface area contributed by atoms with Crippen LogP contribution in [0.5, 0.6) is 5.75 Å². The molecule has 0 radical (unpaired) electrons. The number of carbonyl (C=O) groups excluding carboxylic acids is 1. The van der Waals surface area contributed by atoms with E-state index in [9.17, 15) is 4.79 Å². The number of benzene rings is 2. The number of nitrogens with zero attached hydrogens (tertiary/aromatic N) is 2. The van der Waals surface area contributed by atoms with E-state index in [0.717, 1.165) is 0 Å². The van der Waals surface area contributed by atoms with Crippen molar-refractivity contribution in [3.05, 3.63) is 65.5 Å². The van der Waals surface area contributed by atoms with E-state index in [2.05, 4.69) is 15.5 Å². The average Bonchev–Trinajstić information content (AvgIpc) is 3.08. The Morgan fingerprint density at radius 1 is 1.08 bits per heavy atom. The minimum Gasteiger partial charge on any atom is -0.484 e. The fourth-order valence-electron chi connectivity index (χ4n) is 1.96. The molecule has 0 spiro atoms. The molecule has 1 amide bonds. The summed E-state index contributed by atoms with van der Waals surface area (Å²) >= 11 is 6.08. The monoisotopic (exact) mass is 343 g/mol. The summed E-state index contributed by atoms with van der Waals surface area (Å²) < 4.78 is 10.9. The number of hydrogen-bond acceptors (Lipinski definition) is 5. The molecule has 0 aliphatic carbocycles. The van der Waals surface area contributed by atoms with Gasteiger partial charge in [-0.15, -0.1) is 10.2 Å². The number of para-hydroxylation sites is 1. The van der Waals surface area contributed by atoms with Crippen LogP contribution in [0.3, 0.4) is 0 Å². The normalized spacial score (nSPS) is 10.4. The van der Waals surface area contributed by atoms with Gasteiger partial charge in [-0.1, -0.05) is 41.9 Å². The topological polar surface area (TPSA) is 77.2 Å². The van der Waals surface area contributed by atoms with Crippen LogP contribution in [0.25, 0.3) is 11.5 Å². The standard InChI is InChI=1S/C17H14ClN3O3/c18-14-9-5-4-8-13(14)17-21-20-16(24-17)10-19-15(22)11-23-12-6-2-1-3-7-12/h1-9H,10-11H2,(H,19,22). The van der Waals surface area contributed by atoms with Crippen LogP contribution >= 0.6 is 11.6 Å². The Morgan fingerprint density at radius 2 is 1.83 bits per heavy atom. The number of rotatable bonds is 6. The molecule has 0 bridgehead atoms. The molecule has 122 valence electrons. The molecular weight excluding hydrogens is 330 g/mol. The Hall–Kier alpha value is -2.86. The number of nitrogens with one attached hydrogen (secondary N) is 1. The zero-order valence-corrected chi connectivity index (χ0v) is 13.4. The SMILES string of the molecule is O=C(COc1ccccc1)NCc1nnc(-c2ccccc2Cl)o1. The summed E-state index contributed by atoms with van der Waals surface area (Å²) in [6.07, 6.45) is 0. The van der Waals surface area contributed by atoms with Crippen molar-refractivity contribution in [3.63, 3.8) is 0 Å². The summed E-state index contributed by atoms with van der Waals surface area (Å²) in [5, 5.41) is 11.0. The maximum Gasteiger partial charge on any atom is 0.258 e. The second-order valence-corrected chi connectivity index (χ2v) is 5.27. The van der Waals surface area contributed by atoms with E-state index >= 15 is 0 Å². The van der Waals surface area contributed by atoms with Crippen LogP contribution in [0.1, 0.15) is 5.89 Å². The highest BCUT2D eigenvalue weighted by Gasteiger charge is 2.12. The van der Waals surface area contributed by atoms with E-state index in [-0.39, 0.29) is 24.9 Å². The van der Waals surface area contributed by atoms with Gasteiger partial charge in [0.05, 0.1) is 17.1 Å². The summed E-state index contributed by atoms with van der Waals surface area (Å²) in [7, 11) is 0. The zero-order valence-electron chi connectivity index (χ0n) is 12.6. The van der Waals surface area contributed by atoms with E-state index in [1.807, 2.05) is 30.3 Å². The molecule has 0 fully saturated rings. The van der Waals surface area contributed by atoms with Crippen molar-refractivity contribution in [1.29, 1.82) is 0 Å². The van der Waals surface area contributed by atoms with Gasteiger partial charge in [-0.2, -0.15) is 0 Å². The summed E-state index contributed by atoms with van der Waals surface area (Å²) in [5.41, 5.74) is 0.650. The van der Waals surface area contributed by atoms with Crippen LogP contribution in [0.4, 0.5) is 0 Å². The van der Waals surface area contributed by atoms with Crippen molar-refractivity contribution in [1.82, 2.24) is 15.5 Å². The van der Waals surface area contributed by atoms with Gasteiger partial charge in [0.2, 0.25) is 11.8 Å². The van der Waals surface area contributed by atoms with Crippen LogP contribution in [0, 0.1) is 0 Å². The van der Waals surface area contributed by atoms with Crippen molar-refractivity contribution in [2.24, 2.45) is 0 Å². The first-order valence-electron chi connectivity index (χ1n) is 7.24. The summed E-state index contributed by atoms with van der Waals surface area (Å²) in [6, 6.07) is 16.3. The highest BCUT2D eigenvalue weighted by atomic mass is 35.5. The number of ether oxygens (including phenoxy) is 1. The summed E-state index contributed by atoms with van der Waals surface area (Å²) in [4.78, 5) is 11.8. The largest absolute Gasteiger partial charge is 0.484 e. The molecule has 1 heterocycles. The highest BCUT2D eigenvalue weighted by molar-refractivity contribution is 6.33. The van der Waals surface area contributed by atoms with E-state index in [0.29, 0.717) is 22.2 Å². The highest BCUT2D eigenvalue weighted by Crippen LogP contribution is 2.26. The number of amides is 1. The molecule has 0 atom stereocenters. The van der Waals surface area contributed by atoms with Gasteiger partial charge in [0.25, 0.3) is 5.91 Å². The summed E-state index contributed by atoms with van der Waals surface area (Å²) in [5.74, 6) is 0.950. The quantitative estimate of drug-likeness (QED) is 0.744. The number of halogens is 1. The van der Waals surface area contributed by atoms with Gasteiger partial charge in [0.15, 0.2) is 6.61 Å². The lowest BCUT2D eigenvalue weighted by molar-refractivity contribution is -0.123. The average molecular weight is 344 g/mol. The Balaban J connectivity index is 1.52. The Morgan fingerprint density at radius 3 is 2.62 bits per heavy atom. The third kappa shape index (κ3) is 4.11. The van der Waals surface area contributed by atoms with Gasteiger partial charge >= 0.3 is 0 Å². The second kappa shape index (κ2) is 7.61. The number of carbonyl (C=O) groups is 1. The lowest BCUT2D eigenvalue weighted by Crippen LogP contribution is -2.28. The Bertz CT molecular complexity index is 821. The first-order chi connectivity index (χ1) is 11.7. The Kier molecular flexibility index (Phi) is 5.08. The van der Waals surface area contributed by atoms with Crippen molar-refractivity contribution in [3.8, 4) is 17.2 Å². The number of aromatic nitrogens is 2. The molecule has 0 saturated carbocycles. The van der Waals surface area contributed by atoms with Gasteiger partial charge in [-0.25, -0.2) is 0 Å². The molecule has 0 aliphatic rings. The first-order valence-corrected chi connectivity index (χ1v) is 7.62. The number of hydrogen-bond donors (Lipinski definition) is 1. The first kappa shape index (κ1) is 16.0. The smallest absolute Gasteiger partial charge is 0.258 e. The van der Waals surface area contributed by atoms with Crippen molar-refractivity contribution >= 4 is 17.5 Å². The molecule has 0 aliphatic heterocycles. The van der Waals surface area contributed by atoms with Crippen LogP contribution in [-0.2, 0) is 11.3 Å². The lowest BCUT2D eigenvalue weighted by atomic mass is 10.2. The van der Waals surface area contributed by atoms with Gasteiger partial charge < -0.3 is 14.5 Å². The van der Waals surface area contributed by atoms with Crippen LogP contribution in [0.2, 0.25) is 5.02 Å². The minimum atomic E-state index is -0.281. The van der Waals surface area contributed by atoms with Crippen molar-refractivity contribution < 1.29 is 13.9 Å². The molecule has 7 heteroatoms. The van der Waals surface area contributed by atoms with E-state index < -0.39 is 0 Å². The van der Waals surface area contributed by atoms with Gasteiger partial charge in [-0.05, 0) is 24.3 Å².